The Hall–Kier alpha value is -2.58. The minimum Gasteiger partial charge on any atom is -0.352 e. The Morgan fingerprint density at radius 2 is 1.71 bits per heavy atom. The van der Waals surface area contributed by atoms with E-state index in [2.05, 4.69) is 5.32 Å². The van der Waals surface area contributed by atoms with Crippen LogP contribution >= 0.6 is 11.6 Å². The van der Waals surface area contributed by atoms with Crippen LogP contribution < -0.4 is 9.62 Å². The molecule has 0 unspecified atom stereocenters. The molecule has 7 nitrogen and oxygen atoms in total. The average molecular weight is 506 g/mol. The van der Waals surface area contributed by atoms with E-state index in [4.69, 9.17) is 11.6 Å². The molecule has 1 saturated carbocycles. The first kappa shape index (κ1) is 26.0. The molecule has 0 spiro atoms. The zero-order chi connectivity index (χ0) is 24.9. The van der Waals surface area contributed by atoms with Gasteiger partial charge in [0, 0.05) is 17.6 Å². The number of hydrogen-bond donors (Lipinski definition) is 1. The Kier molecular flexibility index (Phi) is 8.60. The van der Waals surface area contributed by atoms with Crippen LogP contribution in [0.3, 0.4) is 0 Å². The maximum atomic E-state index is 13.6. The summed E-state index contributed by atoms with van der Waals surface area (Å²) in [6, 6.07) is 13.4. The third-order valence-electron chi connectivity index (χ3n) is 6.23. The van der Waals surface area contributed by atoms with Gasteiger partial charge in [0.1, 0.15) is 12.6 Å². The van der Waals surface area contributed by atoms with Gasteiger partial charge >= 0.3 is 0 Å². The van der Waals surface area contributed by atoms with Crippen LogP contribution in [0.25, 0.3) is 0 Å². The minimum atomic E-state index is -3.76. The summed E-state index contributed by atoms with van der Waals surface area (Å²) in [5, 5.41) is 3.52. The number of anilines is 1. The molecule has 0 saturated heterocycles. The maximum Gasteiger partial charge on any atom is 0.244 e. The molecule has 2 aromatic carbocycles. The largest absolute Gasteiger partial charge is 0.352 e. The predicted octanol–water partition coefficient (Wildman–Crippen LogP) is 3.89. The number of halogens is 1. The molecule has 2 aromatic rings. The number of nitrogens with one attached hydrogen (secondary N) is 1. The fraction of sp³-hybridized carbons (Fsp3) is 0.440. The van der Waals surface area contributed by atoms with Gasteiger partial charge in [0.05, 0.1) is 11.9 Å². The molecule has 184 valence electrons. The molecule has 34 heavy (non-hydrogen) atoms. The van der Waals surface area contributed by atoms with Crippen LogP contribution in [0.15, 0.2) is 48.5 Å². The number of aryl methyl sites for hydroxylation is 1. The van der Waals surface area contributed by atoms with Gasteiger partial charge in [-0.1, -0.05) is 60.8 Å². The summed E-state index contributed by atoms with van der Waals surface area (Å²) < 4.78 is 26.4. The van der Waals surface area contributed by atoms with Crippen molar-refractivity contribution < 1.29 is 18.0 Å². The molecule has 0 heterocycles. The van der Waals surface area contributed by atoms with Crippen LogP contribution in [-0.2, 0) is 26.2 Å². The summed E-state index contributed by atoms with van der Waals surface area (Å²) in [6.07, 6.45) is 5.06. The number of carbonyl (C=O) groups is 2. The van der Waals surface area contributed by atoms with Gasteiger partial charge < -0.3 is 10.2 Å². The fourth-order valence-electron chi connectivity index (χ4n) is 4.22. The van der Waals surface area contributed by atoms with Crippen LogP contribution in [0.1, 0.15) is 43.7 Å². The van der Waals surface area contributed by atoms with Crippen molar-refractivity contribution in [2.45, 2.75) is 58.2 Å². The predicted molar refractivity (Wildman–Crippen MR) is 135 cm³/mol. The van der Waals surface area contributed by atoms with E-state index in [9.17, 15) is 18.0 Å². The minimum absolute atomic E-state index is 0.0864. The van der Waals surface area contributed by atoms with Gasteiger partial charge in [-0.25, -0.2) is 8.42 Å². The van der Waals surface area contributed by atoms with Gasteiger partial charge in [0.25, 0.3) is 0 Å². The van der Waals surface area contributed by atoms with E-state index in [1.54, 1.807) is 56.3 Å². The van der Waals surface area contributed by atoms with E-state index in [0.29, 0.717) is 16.3 Å². The van der Waals surface area contributed by atoms with Gasteiger partial charge in [0.15, 0.2) is 0 Å². The molecule has 2 amide bonds. The Bertz CT molecular complexity index is 1130. The molecule has 9 heteroatoms. The lowest BCUT2D eigenvalue weighted by Gasteiger charge is -2.32. The second-order valence-corrected chi connectivity index (χ2v) is 11.1. The molecular weight excluding hydrogens is 474 g/mol. The van der Waals surface area contributed by atoms with Crippen LogP contribution in [0.5, 0.6) is 0 Å². The molecule has 1 atom stereocenters. The topological polar surface area (TPSA) is 86.8 Å². The summed E-state index contributed by atoms with van der Waals surface area (Å²) in [7, 11) is -3.76. The van der Waals surface area contributed by atoms with Gasteiger partial charge in [-0.3, -0.25) is 13.9 Å². The standard InChI is InChI=1S/C25H32ClN3O4S/c1-18-10-4-9-15-23(18)29(34(3,32)33)17-24(30)28(16-20-11-5-8-14-22(20)26)19(2)25(31)27-21-12-6-7-13-21/h4-5,8-11,14-15,19,21H,6-7,12-13,16-17H2,1-3H3,(H,27,31)/t19-/m1/s1. The van der Waals surface area contributed by atoms with E-state index in [1.807, 2.05) is 6.07 Å². The van der Waals surface area contributed by atoms with E-state index in [0.717, 1.165) is 41.8 Å². The second-order valence-electron chi connectivity index (χ2n) is 8.84. The van der Waals surface area contributed by atoms with Crippen molar-refractivity contribution in [1.29, 1.82) is 0 Å². The summed E-state index contributed by atoms with van der Waals surface area (Å²) in [5.41, 5.74) is 1.84. The fourth-order valence-corrected chi connectivity index (χ4v) is 5.33. The number of benzene rings is 2. The SMILES string of the molecule is Cc1ccccc1N(CC(=O)N(Cc1ccccc1Cl)[C@H](C)C(=O)NC1CCCC1)S(C)(=O)=O. The highest BCUT2D eigenvalue weighted by Gasteiger charge is 2.32. The van der Waals surface area contributed by atoms with Gasteiger partial charge in [0.2, 0.25) is 21.8 Å². The Morgan fingerprint density at radius 1 is 1.09 bits per heavy atom. The number of sulfonamides is 1. The third-order valence-corrected chi connectivity index (χ3v) is 7.73. The molecule has 1 fully saturated rings. The van der Waals surface area contributed by atoms with Crippen LogP contribution in [-0.4, -0.2) is 50.0 Å². The van der Waals surface area contributed by atoms with Crippen LogP contribution in [0, 0.1) is 6.92 Å². The normalized spacial score (nSPS) is 15.1. The molecular formula is C25H32ClN3O4S. The number of nitrogens with zero attached hydrogens (tertiary/aromatic N) is 2. The first-order chi connectivity index (χ1) is 16.1. The first-order valence-electron chi connectivity index (χ1n) is 11.4. The molecule has 1 N–H and O–H groups in total. The highest BCUT2D eigenvalue weighted by molar-refractivity contribution is 7.92. The Balaban J connectivity index is 1.90. The average Bonchev–Trinajstić information content (AvgIpc) is 3.29. The zero-order valence-corrected chi connectivity index (χ0v) is 21.4. The van der Waals surface area contributed by atoms with E-state index >= 15 is 0 Å². The van der Waals surface area contributed by atoms with Crippen LogP contribution in [0.2, 0.25) is 5.02 Å². The molecule has 0 aromatic heterocycles. The Labute approximate surface area is 207 Å². The maximum absolute atomic E-state index is 13.6. The van der Waals surface area contributed by atoms with E-state index in [1.165, 1.54) is 4.90 Å². The lowest BCUT2D eigenvalue weighted by Crippen LogP contribution is -2.52. The van der Waals surface area contributed by atoms with Crippen molar-refractivity contribution in [2.24, 2.45) is 0 Å². The second kappa shape index (κ2) is 11.2. The first-order valence-corrected chi connectivity index (χ1v) is 13.7. The van der Waals surface area contributed by atoms with Crippen molar-refractivity contribution in [1.82, 2.24) is 10.2 Å². The molecule has 1 aliphatic rings. The van der Waals surface area contributed by atoms with Crippen molar-refractivity contribution in [3.05, 3.63) is 64.7 Å². The van der Waals surface area contributed by atoms with Crippen LogP contribution in [0.4, 0.5) is 5.69 Å². The highest BCUT2D eigenvalue weighted by atomic mass is 35.5. The van der Waals surface area contributed by atoms with Crippen molar-refractivity contribution in [2.75, 3.05) is 17.1 Å². The number of para-hydroxylation sites is 1. The highest BCUT2D eigenvalue weighted by Crippen LogP contribution is 2.24. The number of hydrogen-bond acceptors (Lipinski definition) is 4. The molecule has 0 radical (unpaired) electrons. The quantitative estimate of drug-likeness (QED) is 0.560. The van der Waals surface area contributed by atoms with Gasteiger partial charge in [-0.15, -0.1) is 0 Å². The summed E-state index contributed by atoms with van der Waals surface area (Å²) in [4.78, 5) is 28.0. The number of rotatable bonds is 9. The van der Waals surface area contributed by atoms with Gasteiger partial charge in [-0.05, 0) is 49.9 Å². The monoisotopic (exact) mass is 505 g/mol. The lowest BCUT2D eigenvalue weighted by atomic mass is 10.1. The summed E-state index contributed by atoms with van der Waals surface area (Å²) in [6.45, 7) is 3.12. The lowest BCUT2D eigenvalue weighted by molar-refractivity contribution is -0.139. The van der Waals surface area contributed by atoms with Gasteiger partial charge in [-0.2, -0.15) is 0 Å². The third kappa shape index (κ3) is 6.51. The zero-order valence-electron chi connectivity index (χ0n) is 19.8. The molecule has 3 rings (SSSR count). The molecule has 1 aliphatic carbocycles. The van der Waals surface area contributed by atoms with Crippen molar-refractivity contribution in [3.63, 3.8) is 0 Å². The summed E-state index contributed by atoms with van der Waals surface area (Å²) >= 11 is 6.34. The van der Waals surface area contributed by atoms with E-state index < -0.39 is 28.5 Å². The van der Waals surface area contributed by atoms with E-state index in [-0.39, 0.29) is 18.5 Å². The smallest absolute Gasteiger partial charge is 0.244 e. The molecule has 0 bridgehead atoms. The number of carbonyl (C=O) groups excluding carboxylic acids is 2. The Morgan fingerprint density at radius 3 is 2.32 bits per heavy atom. The number of amides is 2. The van der Waals surface area contributed by atoms with Crippen molar-refractivity contribution >= 4 is 39.1 Å². The summed E-state index contributed by atoms with van der Waals surface area (Å²) in [5.74, 6) is -0.739. The van der Waals surface area contributed by atoms with Crippen molar-refractivity contribution in [3.8, 4) is 0 Å². The molecule has 0 aliphatic heterocycles.